The van der Waals surface area contributed by atoms with E-state index in [9.17, 15) is 4.79 Å². The quantitative estimate of drug-likeness (QED) is 0.755. The molecule has 1 saturated heterocycles. The van der Waals surface area contributed by atoms with Gasteiger partial charge in [-0.05, 0) is 19.3 Å². The second kappa shape index (κ2) is 4.82. The Hall–Kier alpha value is -1.79. The molecule has 0 bridgehead atoms. The molecule has 0 atom stereocenters. The number of nitrogens with one attached hydrogen (secondary N) is 1. The molecule has 0 saturated carbocycles. The second-order valence-electron chi connectivity index (χ2n) is 3.74. The number of hydrogen-bond donors (Lipinski definition) is 2. The average Bonchev–Trinajstić information content (AvgIpc) is 2.73. The molecule has 0 aromatic carbocycles. The van der Waals surface area contributed by atoms with E-state index in [1.165, 1.54) is 6.42 Å². The third-order valence-corrected chi connectivity index (χ3v) is 2.54. The number of carbonyl (C=O) groups is 1. The minimum Gasteiger partial charge on any atom is -0.390 e. The number of carbonyl (C=O) groups excluding carboxylic acids is 1. The van der Waals surface area contributed by atoms with Crippen molar-refractivity contribution in [1.29, 1.82) is 0 Å². The first-order valence-electron chi connectivity index (χ1n) is 5.36. The minimum absolute atomic E-state index is 0.00655. The topological polar surface area (TPSA) is 97.3 Å². The van der Waals surface area contributed by atoms with Gasteiger partial charge in [0.1, 0.15) is 0 Å². The molecule has 3 N–H and O–H groups in total. The molecule has 7 heteroatoms. The van der Waals surface area contributed by atoms with Gasteiger partial charge in [0, 0.05) is 13.1 Å². The van der Waals surface area contributed by atoms with E-state index in [2.05, 4.69) is 15.5 Å². The Morgan fingerprint density at radius 1 is 1.38 bits per heavy atom. The van der Waals surface area contributed by atoms with Gasteiger partial charge in [0.15, 0.2) is 0 Å². The van der Waals surface area contributed by atoms with Crippen LogP contribution in [0.5, 0.6) is 0 Å². The number of rotatable bonds is 3. The van der Waals surface area contributed by atoms with Crippen molar-refractivity contribution in [2.24, 2.45) is 0 Å². The normalized spacial score (nSPS) is 16.1. The van der Waals surface area contributed by atoms with E-state index in [4.69, 9.17) is 10.2 Å². The number of piperidine rings is 1. The van der Waals surface area contributed by atoms with E-state index in [1.54, 1.807) is 0 Å². The van der Waals surface area contributed by atoms with Gasteiger partial charge >= 0.3 is 12.0 Å². The molecular formula is C9H15N5O2. The van der Waals surface area contributed by atoms with Gasteiger partial charge < -0.3 is 20.4 Å². The summed E-state index contributed by atoms with van der Waals surface area (Å²) in [7, 11) is 0. The number of nitrogens with zero attached hydrogens (tertiary/aromatic N) is 3. The van der Waals surface area contributed by atoms with Gasteiger partial charge in [-0.3, -0.25) is 4.79 Å². The fraction of sp³-hybridized carbons (Fsp3) is 0.667. The van der Waals surface area contributed by atoms with Crippen molar-refractivity contribution >= 4 is 17.9 Å². The molecule has 16 heavy (non-hydrogen) atoms. The number of nitrogen functional groups attached to an aromatic ring is 1. The van der Waals surface area contributed by atoms with Gasteiger partial charge in [-0.2, -0.15) is 0 Å². The number of hydrogen-bond acceptors (Lipinski definition) is 6. The fourth-order valence-corrected chi connectivity index (χ4v) is 1.71. The van der Waals surface area contributed by atoms with Gasteiger partial charge in [-0.25, -0.2) is 0 Å². The predicted molar refractivity (Wildman–Crippen MR) is 57.6 cm³/mol. The summed E-state index contributed by atoms with van der Waals surface area (Å²) in [6.07, 6.45) is 3.37. The standard InChI is InChI=1S/C9H15N5O2/c10-8-12-13-9(16-8)11-6-7(15)14-4-2-1-3-5-14/h1-6H2,(H2,10,12)(H,11,13). The molecule has 0 aliphatic carbocycles. The lowest BCUT2D eigenvalue weighted by molar-refractivity contribution is -0.130. The third kappa shape index (κ3) is 2.62. The monoisotopic (exact) mass is 225 g/mol. The molecule has 1 aromatic heterocycles. The van der Waals surface area contributed by atoms with Crippen LogP contribution in [0.4, 0.5) is 12.0 Å². The van der Waals surface area contributed by atoms with E-state index in [0.717, 1.165) is 25.9 Å². The molecule has 2 heterocycles. The maximum absolute atomic E-state index is 11.7. The number of aromatic nitrogens is 2. The summed E-state index contributed by atoms with van der Waals surface area (Å²) in [5, 5.41) is 9.84. The van der Waals surface area contributed by atoms with Gasteiger partial charge in [-0.15, -0.1) is 0 Å². The highest BCUT2D eigenvalue weighted by atomic mass is 16.4. The van der Waals surface area contributed by atoms with Crippen molar-refractivity contribution in [3.8, 4) is 0 Å². The molecule has 0 spiro atoms. The average molecular weight is 225 g/mol. The highest BCUT2D eigenvalue weighted by Crippen LogP contribution is 2.09. The Bertz CT molecular complexity index is 359. The predicted octanol–water partition coefficient (Wildman–Crippen LogP) is 0.0762. The molecule has 0 radical (unpaired) electrons. The SMILES string of the molecule is Nc1nnc(NCC(=O)N2CCCCC2)o1. The number of nitrogens with two attached hydrogens (primary N) is 1. The zero-order valence-electron chi connectivity index (χ0n) is 8.98. The van der Waals surface area contributed by atoms with E-state index in [-0.39, 0.29) is 24.5 Å². The largest absolute Gasteiger partial charge is 0.390 e. The fourth-order valence-electron chi connectivity index (χ4n) is 1.71. The van der Waals surface area contributed by atoms with Crippen LogP contribution < -0.4 is 11.1 Å². The molecule has 1 fully saturated rings. The maximum atomic E-state index is 11.7. The number of amides is 1. The van der Waals surface area contributed by atoms with Gasteiger partial charge in [0.2, 0.25) is 5.91 Å². The zero-order valence-corrected chi connectivity index (χ0v) is 8.98. The van der Waals surface area contributed by atoms with E-state index < -0.39 is 0 Å². The first kappa shape index (κ1) is 10.7. The van der Waals surface area contributed by atoms with Crippen molar-refractivity contribution in [3.05, 3.63) is 0 Å². The first-order chi connectivity index (χ1) is 7.75. The summed E-state index contributed by atoms with van der Waals surface area (Å²) in [6.45, 7) is 1.85. The molecule has 1 aromatic rings. The Labute approximate surface area is 93.0 Å². The van der Waals surface area contributed by atoms with Gasteiger partial charge in [-0.1, -0.05) is 10.2 Å². The summed E-state index contributed by atoms with van der Waals surface area (Å²) in [5.74, 6) is 0.0523. The summed E-state index contributed by atoms with van der Waals surface area (Å²) in [4.78, 5) is 13.6. The van der Waals surface area contributed by atoms with Crippen LogP contribution in [0.25, 0.3) is 0 Å². The minimum atomic E-state index is -0.00655. The van der Waals surface area contributed by atoms with Crippen LogP contribution in [0.15, 0.2) is 4.42 Å². The highest BCUT2D eigenvalue weighted by molar-refractivity contribution is 5.80. The van der Waals surface area contributed by atoms with Crippen LogP contribution in [-0.4, -0.2) is 40.6 Å². The summed E-state index contributed by atoms with van der Waals surface area (Å²) < 4.78 is 4.89. The van der Waals surface area contributed by atoms with Gasteiger partial charge in [0.25, 0.3) is 0 Å². The Balaban J connectivity index is 1.78. The summed E-state index contributed by atoms with van der Waals surface area (Å²) in [5.41, 5.74) is 5.25. The molecule has 2 rings (SSSR count). The highest BCUT2D eigenvalue weighted by Gasteiger charge is 2.16. The molecule has 7 nitrogen and oxygen atoms in total. The Morgan fingerprint density at radius 3 is 2.75 bits per heavy atom. The van der Waals surface area contributed by atoms with Crippen LogP contribution in [0.2, 0.25) is 0 Å². The first-order valence-corrected chi connectivity index (χ1v) is 5.36. The molecule has 88 valence electrons. The number of likely N-dealkylation sites (tertiary alicyclic amines) is 1. The lowest BCUT2D eigenvalue weighted by Crippen LogP contribution is -2.39. The maximum Gasteiger partial charge on any atom is 0.317 e. The molecule has 1 aliphatic heterocycles. The van der Waals surface area contributed by atoms with Crippen LogP contribution in [0, 0.1) is 0 Å². The van der Waals surface area contributed by atoms with Crippen LogP contribution in [0.3, 0.4) is 0 Å². The Morgan fingerprint density at radius 2 is 2.12 bits per heavy atom. The second-order valence-corrected chi connectivity index (χ2v) is 3.74. The molecule has 0 unspecified atom stereocenters. The lowest BCUT2D eigenvalue weighted by atomic mass is 10.1. The smallest absolute Gasteiger partial charge is 0.317 e. The number of anilines is 2. The van der Waals surface area contributed by atoms with Crippen molar-refractivity contribution in [2.75, 3.05) is 30.7 Å². The van der Waals surface area contributed by atoms with Crippen molar-refractivity contribution in [3.63, 3.8) is 0 Å². The lowest BCUT2D eigenvalue weighted by Gasteiger charge is -2.26. The van der Waals surface area contributed by atoms with E-state index in [0.29, 0.717) is 0 Å². The van der Waals surface area contributed by atoms with Crippen LogP contribution in [-0.2, 0) is 4.79 Å². The molecular weight excluding hydrogens is 210 g/mol. The Kier molecular flexibility index (Phi) is 3.23. The van der Waals surface area contributed by atoms with Crippen LogP contribution >= 0.6 is 0 Å². The zero-order chi connectivity index (χ0) is 11.4. The molecule has 1 aliphatic rings. The summed E-state index contributed by atoms with van der Waals surface area (Å²) >= 11 is 0. The van der Waals surface area contributed by atoms with E-state index >= 15 is 0 Å². The van der Waals surface area contributed by atoms with E-state index in [1.807, 2.05) is 4.90 Å². The third-order valence-electron chi connectivity index (χ3n) is 2.54. The van der Waals surface area contributed by atoms with Crippen molar-refractivity contribution in [2.45, 2.75) is 19.3 Å². The van der Waals surface area contributed by atoms with Crippen molar-refractivity contribution in [1.82, 2.24) is 15.1 Å². The van der Waals surface area contributed by atoms with Gasteiger partial charge in [0.05, 0.1) is 6.54 Å². The van der Waals surface area contributed by atoms with Crippen LogP contribution in [0.1, 0.15) is 19.3 Å². The van der Waals surface area contributed by atoms with Crippen molar-refractivity contribution < 1.29 is 9.21 Å². The molecule has 1 amide bonds. The summed E-state index contributed by atoms with van der Waals surface area (Å²) in [6, 6.07) is 0.177.